The standard InChI is InChI=1S/C18H17FN4O2S.C15H18N6O6S.C14H10F4N4O7S.C3H8NO5P/c1-4-5-22-13-7-12(11(19)6-14(13)25-9-16(22)24)20-17-23-10-18(2,3)8-15(23)21-26-17;1-21(2)13(22)9-6-5-7-16-12(9)28(24,25)20-15(23)19-14-17-10(26-3)8-11(18-14)27-4;15-11(16)28-8-5-9(29-12(17)18)20-13(19-8)21-14(25)22-30(26,27)7-4-2-1-3-6(7)10(23)24;5-3(6)1-4-2-10(7,8)9/h1,6-7H,5,8-10H2,2-3H3;5-8H,1-4H3,(H2,17,18,19,20,23);1-5,11-12H,(H,23,24)(H2,19,20,21,22,25);4H,1-2H2,(H,5,6)(H2,7,8,9)/b20-17-;;;. The van der Waals surface area contributed by atoms with Gasteiger partial charge in [-0.15, -0.1) is 6.42 Å². The van der Waals surface area contributed by atoms with Crippen molar-refractivity contribution in [3.8, 4) is 41.6 Å². The number of hydrogen-bond donors (Lipinski definition) is 9. The first-order chi connectivity index (χ1) is 43.9. The number of benzene rings is 2. The highest BCUT2D eigenvalue weighted by atomic mass is 32.2. The van der Waals surface area contributed by atoms with E-state index in [1.54, 1.807) is 10.0 Å². The largest absolute Gasteiger partial charge is 0.481 e. The number of aromatic carboxylic acids is 1. The van der Waals surface area contributed by atoms with E-state index in [2.05, 4.69) is 74.2 Å². The summed E-state index contributed by atoms with van der Waals surface area (Å²) in [7, 11) is -7.66. The van der Waals surface area contributed by atoms with Crippen molar-refractivity contribution in [2.24, 2.45) is 10.4 Å². The van der Waals surface area contributed by atoms with Gasteiger partial charge >= 0.3 is 44.8 Å². The number of anilines is 3. The van der Waals surface area contributed by atoms with E-state index in [0.29, 0.717) is 22.3 Å². The number of carboxylic acid groups (broad SMARTS) is 2. The molecule has 2 aromatic carbocycles. The van der Waals surface area contributed by atoms with Gasteiger partial charge < -0.3 is 53.2 Å². The van der Waals surface area contributed by atoms with E-state index in [0.717, 1.165) is 30.9 Å². The van der Waals surface area contributed by atoms with Crippen LogP contribution < -0.4 is 58.8 Å². The predicted octanol–water partition coefficient (Wildman–Crippen LogP) is 3.04. The summed E-state index contributed by atoms with van der Waals surface area (Å²) in [6.07, 6.45) is 6.81. The molecular weight excluding hydrogens is 1350 g/mol. The number of aromatic nitrogens is 7. The van der Waals surface area contributed by atoms with E-state index in [1.165, 1.54) is 103 Å². The van der Waals surface area contributed by atoms with Gasteiger partial charge in [-0.25, -0.2) is 46.6 Å². The third-order valence-corrected chi connectivity index (χ3v) is 15.3. The van der Waals surface area contributed by atoms with Crippen molar-refractivity contribution < 1.29 is 116 Å². The van der Waals surface area contributed by atoms with Gasteiger partial charge in [0.1, 0.15) is 22.2 Å². The number of hydrogen-bond acceptors (Lipinski definition) is 25. The smallest absolute Gasteiger partial charge is 0.388 e. The number of carbonyl (C=O) groups excluding carboxylic acids is 4. The molecule has 4 aromatic heterocycles. The molecule has 0 spiro atoms. The fraction of sp³-hybridized carbons (Fsp3) is 0.300. The molecule has 44 heteroatoms. The van der Waals surface area contributed by atoms with Crippen LogP contribution in [0.25, 0.3) is 0 Å². The van der Waals surface area contributed by atoms with Gasteiger partial charge in [0.05, 0.1) is 62.5 Å². The number of carbonyl (C=O) groups is 6. The number of ether oxygens (including phenoxy) is 5. The van der Waals surface area contributed by atoms with Crippen LogP contribution >= 0.6 is 19.1 Å². The second-order valence-electron chi connectivity index (χ2n) is 19.2. The first-order valence-electron chi connectivity index (χ1n) is 25.6. The molecule has 6 heterocycles. The van der Waals surface area contributed by atoms with E-state index in [4.69, 9.17) is 40.6 Å². The van der Waals surface area contributed by atoms with E-state index in [1.807, 2.05) is 4.57 Å². The van der Waals surface area contributed by atoms with Crippen LogP contribution in [0.4, 0.5) is 54.8 Å². The Bertz CT molecular complexity index is 4170. The molecule has 0 saturated carbocycles. The highest BCUT2D eigenvalue weighted by Gasteiger charge is 2.33. The Hall–Kier alpha value is -10.2. The van der Waals surface area contributed by atoms with E-state index in [-0.39, 0.29) is 53.4 Å². The fourth-order valence-corrected chi connectivity index (χ4v) is 10.8. The Morgan fingerprint density at radius 3 is 1.94 bits per heavy atom. The van der Waals surface area contributed by atoms with Crippen molar-refractivity contribution in [1.29, 1.82) is 0 Å². The molecule has 0 unspecified atom stereocenters. The lowest BCUT2D eigenvalue weighted by Crippen LogP contribution is -2.39. The first-order valence-corrected chi connectivity index (χ1v) is 31.2. The summed E-state index contributed by atoms with van der Waals surface area (Å²) in [6, 6.07) is 8.88. The maximum absolute atomic E-state index is 14.5. The van der Waals surface area contributed by atoms with Crippen molar-refractivity contribution in [1.82, 2.24) is 53.5 Å². The Morgan fingerprint density at radius 2 is 1.40 bits per heavy atom. The van der Waals surface area contributed by atoms with Gasteiger partial charge in [0, 0.05) is 50.9 Å². The number of rotatable bonds is 20. The van der Waals surface area contributed by atoms with E-state index >= 15 is 0 Å². The highest BCUT2D eigenvalue weighted by molar-refractivity contribution is 7.90. The number of aliphatic carboxylic acids is 1. The molecule has 0 aliphatic carbocycles. The van der Waals surface area contributed by atoms with Crippen LogP contribution in [-0.4, -0.2) is 179 Å². The zero-order chi connectivity index (χ0) is 70.0. The third kappa shape index (κ3) is 22.0. The maximum atomic E-state index is 14.5. The summed E-state index contributed by atoms with van der Waals surface area (Å²) >= 11 is 1.24. The summed E-state index contributed by atoms with van der Waals surface area (Å²) < 4.78 is 156. The Balaban J connectivity index is 0.000000238. The van der Waals surface area contributed by atoms with Gasteiger partial charge in [-0.1, -0.05) is 31.9 Å². The molecule has 35 nitrogen and oxygen atoms in total. The molecule has 0 fully saturated rings. The van der Waals surface area contributed by atoms with Gasteiger partial charge in [0.25, 0.3) is 31.9 Å². The van der Waals surface area contributed by atoms with Crippen molar-refractivity contribution in [3.05, 3.63) is 94.4 Å². The molecule has 94 heavy (non-hydrogen) atoms. The van der Waals surface area contributed by atoms with Crippen LogP contribution in [-0.2, 0) is 47.2 Å². The van der Waals surface area contributed by atoms with E-state index < -0.39 is 123 Å². The SMILES string of the molecule is C#CCN1C(=O)COc2cc(F)c(/N=c3\snc4n3CC(C)(C)C4)cc21.COc1cc(OC)nc(NC(=O)NS(=O)(=O)c2ncccc2C(=O)N(C)C)n1.O=C(Nc1nc(OC(F)F)cc(OC(F)F)n1)NS(=O)(=O)c1ccccc1C(=O)O.O=C(O)CNCP(=O)(O)O. The van der Waals surface area contributed by atoms with Crippen LogP contribution in [0.5, 0.6) is 29.3 Å². The molecule has 2 aliphatic heterocycles. The van der Waals surface area contributed by atoms with Crippen LogP contribution in [0.1, 0.15) is 40.4 Å². The maximum Gasteiger partial charge on any atom is 0.388 e. The number of terminal acetylenes is 1. The summed E-state index contributed by atoms with van der Waals surface area (Å²) in [5, 5.41) is 22.4. The average molecular weight is 1410 g/mol. The van der Waals surface area contributed by atoms with Crippen molar-refractivity contribution in [2.75, 3.05) is 69.8 Å². The lowest BCUT2D eigenvalue weighted by atomic mass is 9.92. The number of pyridine rings is 1. The number of nitrogens with zero attached hydrogens (tertiary/aromatic N) is 10. The summed E-state index contributed by atoms with van der Waals surface area (Å²) in [5.74, 6) is -3.34. The van der Waals surface area contributed by atoms with Crippen LogP contribution in [0.15, 0.2) is 81.8 Å². The second-order valence-corrected chi connectivity index (χ2v) is 24.8. The van der Waals surface area contributed by atoms with Gasteiger partial charge in [-0.2, -0.15) is 50.3 Å². The van der Waals surface area contributed by atoms with Crippen LogP contribution in [0, 0.1) is 23.6 Å². The number of amides is 6. The monoisotopic (exact) mass is 1410 g/mol. The molecule has 9 N–H and O–H groups in total. The molecule has 6 amide bonds. The Kier molecular flexibility index (Phi) is 25.6. The summed E-state index contributed by atoms with van der Waals surface area (Å²) in [5.41, 5.74) is -0.154. The number of methoxy groups -OCH3 is 2. The number of fused-ring (bicyclic) bond motifs is 2. The number of halogens is 5. The molecular formula is C50H53F5N15O20PS3. The third-order valence-electron chi connectivity index (χ3n) is 11.2. The first kappa shape index (κ1) is 74.5. The molecule has 8 rings (SSSR count). The number of carboxylic acids is 2. The van der Waals surface area contributed by atoms with E-state index in [9.17, 15) is 72.1 Å². The van der Waals surface area contributed by atoms with Gasteiger partial charge in [-0.05, 0) is 35.7 Å². The molecule has 6 aromatic rings. The minimum Gasteiger partial charge on any atom is -0.481 e. The Labute approximate surface area is 531 Å². The van der Waals surface area contributed by atoms with Gasteiger partial charge in [0.2, 0.25) is 40.2 Å². The van der Waals surface area contributed by atoms with Gasteiger partial charge in [-0.3, -0.25) is 39.8 Å². The lowest BCUT2D eigenvalue weighted by Gasteiger charge is -2.28. The van der Waals surface area contributed by atoms with Crippen LogP contribution in [0.3, 0.4) is 0 Å². The van der Waals surface area contributed by atoms with Crippen LogP contribution in [0.2, 0.25) is 0 Å². The van der Waals surface area contributed by atoms with Crippen molar-refractivity contribution in [3.63, 3.8) is 0 Å². The minimum absolute atomic E-state index is 0.0913. The summed E-state index contributed by atoms with van der Waals surface area (Å²) in [6.45, 7) is -2.20. The highest BCUT2D eigenvalue weighted by Crippen LogP contribution is 2.38. The van der Waals surface area contributed by atoms with Crippen molar-refractivity contribution in [2.45, 2.75) is 50.0 Å². The van der Waals surface area contributed by atoms with Crippen molar-refractivity contribution >= 4 is 98.3 Å². The number of alkyl halides is 4. The molecule has 0 atom stereocenters. The molecule has 506 valence electrons. The fourth-order valence-electron chi connectivity index (χ4n) is 7.47. The molecule has 0 radical (unpaired) electrons. The topological polar surface area (TPSA) is 476 Å². The summed E-state index contributed by atoms with van der Waals surface area (Å²) in [4.78, 5) is 110. The number of nitrogens with one attached hydrogen (secondary N) is 5. The number of sulfonamides is 2. The molecule has 2 aliphatic rings. The quantitative estimate of drug-likeness (QED) is 0.0301. The minimum atomic E-state index is -4.71. The second kappa shape index (κ2) is 32.3. The lowest BCUT2D eigenvalue weighted by molar-refractivity contribution is -0.135. The average Bonchev–Trinajstić information content (AvgIpc) is 1.80. The zero-order valence-electron chi connectivity index (χ0n) is 49.2. The predicted molar refractivity (Wildman–Crippen MR) is 313 cm³/mol. The molecule has 0 bridgehead atoms. The zero-order valence-corrected chi connectivity index (χ0v) is 52.5. The number of urea groups is 2. The normalized spacial score (nSPS) is 13.1. The van der Waals surface area contributed by atoms with Gasteiger partial charge in [0.15, 0.2) is 17.5 Å². The molecule has 0 saturated heterocycles. The Morgan fingerprint density at radius 1 is 0.851 bits per heavy atom.